The van der Waals surface area contributed by atoms with Crippen LogP contribution < -0.4 is 0 Å². The quantitative estimate of drug-likeness (QED) is 0.941. The van der Waals surface area contributed by atoms with Gasteiger partial charge in [-0.05, 0) is 37.8 Å². The lowest BCUT2D eigenvalue weighted by Gasteiger charge is -2.33. The summed E-state index contributed by atoms with van der Waals surface area (Å²) in [5.74, 6) is -1.20. The molecule has 0 saturated carbocycles. The van der Waals surface area contributed by atoms with Gasteiger partial charge in [0.1, 0.15) is 6.04 Å². The molecule has 1 aliphatic heterocycles. The molecular formula is C19H20N2O3. The van der Waals surface area contributed by atoms with Gasteiger partial charge in [0, 0.05) is 24.5 Å². The SMILES string of the molecule is Cc1cccc(-c2cncc(C(=O)N3CCCC[C@@H]3C(=O)O)c2)c1. The molecule has 1 aromatic carbocycles. The summed E-state index contributed by atoms with van der Waals surface area (Å²) in [5, 5.41) is 9.36. The Morgan fingerprint density at radius 1 is 1.17 bits per heavy atom. The van der Waals surface area contributed by atoms with E-state index in [0.717, 1.165) is 29.5 Å². The first kappa shape index (κ1) is 16.2. The van der Waals surface area contributed by atoms with Gasteiger partial charge in [-0.3, -0.25) is 9.78 Å². The minimum absolute atomic E-state index is 0.260. The van der Waals surface area contributed by atoms with Crippen molar-refractivity contribution in [3.05, 3.63) is 53.9 Å². The average Bonchev–Trinajstić information content (AvgIpc) is 2.61. The van der Waals surface area contributed by atoms with E-state index >= 15 is 0 Å². The third kappa shape index (κ3) is 3.30. The predicted octanol–water partition coefficient (Wildman–Crippen LogP) is 3.14. The van der Waals surface area contributed by atoms with Crippen molar-refractivity contribution in [1.29, 1.82) is 0 Å². The zero-order chi connectivity index (χ0) is 17.1. The zero-order valence-electron chi connectivity index (χ0n) is 13.6. The lowest BCUT2D eigenvalue weighted by atomic mass is 10.00. The van der Waals surface area contributed by atoms with Crippen LogP contribution >= 0.6 is 0 Å². The predicted molar refractivity (Wildman–Crippen MR) is 90.7 cm³/mol. The van der Waals surface area contributed by atoms with Crippen LogP contribution in [0.5, 0.6) is 0 Å². The molecule has 0 radical (unpaired) electrons. The monoisotopic (exact) mass is 324 g/mol. The molecule has 1 N–H and O–H groups in total. The summed E-state index contributed by atoms with van der Waals surface area (Å²) in [7, 11) is 0. The average molecular weight is 324 g/mol. The van der Waals surface area contributed by atoms with Gasteiger partial charge in [0.2, 0.25) is 0 Å². The van der Waals surface area contributed by atoms with Crippen molar-refractivity contribution >= 4 is 11.9 Å². The number of nitrogens with zero attached hydrogens (tertiary/aromatic N) is 2. The Morgan fingerprint density at radius 3 is 2.75 bits per heavy atom. The number of aromatic nitrogens is 1. The van der Waals surface area contributed by atoms with Crippen LogP contribution in [-0.2, 0) is 4.79 Å². The molecule has 2 aromatic rings. The minimum Gasteiger partial charge on any atom is -0.480 e. The lowest BCUT2D eigenvalue weighted by molar-refractivity contribution is -0.143. The maximum Gasteiger partial charge on any atom is 0.326 e. The highest BCUT2D eigenvalue weighted by atomic mass is 16.4. The van der Waals surface area contributed by atoms with Crippen molar-refractivity contribution in [2.45, 2.75) is 32.2 Å². The molecule has 5 nitrogen and oxygen atoms in total. The Morgan fingerprint density at radius 2 is 2.00 bits per heavy atom. The van der Waals surface area contributed by atoms with E-state index in [9.17, 15) is 14.7 Å². The Kier molecular flexibility index (Phi) is 4.60. The minimum atomic E-state index is -0.939. The molecule has 0 unspecified atom stereocenters. The van der Waals surface area contributed by atoms with Crippen LogP contribution in [0.1, 0.15) is 35.2 Å². The molecule has 1 fully saturated rings. The second kappa shape index (κ2) is 6.83. The fourth-order valence-electron chi connectivity index (χ4n) is 3.14. The second-order valence-electron chi connectivity index (χ2n) is 6.18. The van der Waals surface area contributed by atoms with Crippen LogP contribution in [0.4, 0.5) is 0 Å². The highest BCUT2D eigenvalue weighted by Crippen LogP contribution is 2.23. The summed E-state index contributed by atoms with van der Waals surface area (Å²) in [6.07, 6.45) is 5.40. The molecule has 24 heavy (non-hydrogen) atoms. The van der Waals surface area contributed by atoms with Crippen molar-refractivity contribution in [2.24, 2.45) is 0 Å². The fraction of sp³-hybridized carbons (Fsp3) is 0.316. The van der Waals surface area contributed by atoms with E-state index in [1.54, 1.807) is 12.3 Å². The van der Waals surface area contributed by atoms with Crippen molar-refractivity contribution in [3.63, 3.8) is 0 Å². The molecule has 3 rings (SSSR count). The number of pyridine rings is 1. The summed E-state index contributed by atoms with van der Waals surface area (Å²) in [6.45, 7) is 2.49. The number of hydrogen-bond acceptors (Lipinski definition) is 3. The van der Waals surface area contributed by atoms with Crippen LogP contribution in [0.15, 0.2) is 42.7 Å². The first-order valence-corrected chi connectivity index (χ1v) is 8.12. The van der Waals surface area contributed by atoms with Gasteiger partial charge in [0.25, 0.3) is 5.91 Å². The van der Waals surface area contributed by atoms with E-state index in [1.165, 1.54) is 11.1 Å². The molecule has 1 atom stereocenters. The van der Waals surface area contributed by atoms with Crippen LogP contribution in [-0.4, -0.2) is 39.5 Å². The van der Waals surface area contributed by atoms with Crippen molar-refractivity contribution < 1.29 is 14.7 Å². The van der Waals surface area contributed by atoms with Gasteiger partial charge in [-0.25, -0.2) is 4.79 Å². The highest BCUT2D eigenvalue weighted by Gasteiger charge is 2.32. The van der Waals surface area contributed by atoms with E-state index in [2.05, 4.69) is 4.98 Å². The number of carbonyl (C=O) groups excluding carboxylic acids is 1. The number of carboxylic acids is 1. The van der Waals surface area contributed by atoms with Gasteiger partial charge in [0.05, 0.1) is 5.56 Å². The molecule has 0 spiro atoms. The van der Waals surface area contributed by atoms with Gasteiger partial charge in [-0.15, -0.1) is 0 Å². The van der Waals surface area contributed by atoms with Gasteiger partial charge < -0.3 is 10.0 Å². The normalized spacial score (nSPS) is 17.5. The van der Waals surface area contributed by atoms with E-state index in [0.29, 0.717) is 18.5 Å². The molecule has 1 aliphatic rings. The lowest BCUT2D eigenvalue weighted by Crippen LogP contribution is -2.48. The van der Waals surface area contributed by atoms with Gasteiger partial charge in [-0.2, -0.15) is 0 Å². The number of likely N-dealkylation sites (tertiary alicyclic amines) is 1. The number of amides is 1. The van der Waals surface area contributed by atoms with Crippen LogP contribution in [0.2, 0.25) is 0 Å². The molecule has 5 heteroatoms. The first-order chi connectivity index (χ1) is 11.6. The Hall–Kier alpha value is -2.69. The summed E-state index contributed by atoms with van der Waals surface area (Å²) in [4.78, 5) is 29.8. The van der Waals surface area contributed by atoms with Crippen molar-refractivity contribution in [3.8, 4) is 11.1 Å². The summed E-state index contributed by atoms with van der Waals surface area (Å²) >= 11 is 0. The third-order valence-electron chi connectivity index (χ3n) is 4.39. The first-order valence-electron chi connectivity index (χ1n) is 8.12. The van der Waals surface area contributed by atoms with Gasteiger partial charge in [-0.1, -0.05) is 29.8 Å². The van der Waals surface area contributed by atoms with E-state index in [1.807, 2.05) is 31.2 Å². The maximum atomic E-state index is 12.8. The Bertz CT molecular complexity index is 773. The topological polar surface area (TPSA) is 70.5 Å². The van der Waals surface area contributed by atoms with E-state index < -0.39 is 12.0 Å². The molecule has 124 valence electrons. The molecular weight excluding hydrogens is 304 g/mol. The second-order valence-corrected chi connectivity index (χ2v) is 6.18. The third-order valence-corrected chi connectivity index (χ3v) is 4.39. The standard InChI is InChI=1S/C19H20N2O3/c1-13-5-4-6-14(9-13)15-10-16(12-20-11-15)18(22)21-8-3-2-7-17(21)19(23)24/h4-6,9-12,17H,2-3,7-8H2,1H3,(H,23,24)/t17-/m1/s1. The van der Waals surface area contributed by atoms with Crippen molar-refractivity contribution in [2.75, 3.05) is 6.54 Å². The molecule has 0 aliphatic carbocycles. The van der Waals surface area contributed by atoms with E-state index in [4.69, 9.17) is 0 Å². The fourth-order valence-corrected chi connectivity index (χ4v) is 3.14. The van der Waals surface area contributed by atoms with Gasteiger partial charge >= 0.3 is 5.97 Å². The maximum absolute atomic E-state index is 12.8. The van der Waals surface area contributed by atoms with E-state index in [-0.39, 0.29) is 5.91 Å². The molecule has 2 heterocycles. The summed E-state index contributed by atoms with van der Waals surface area (Å²) < 4.78 is 0. The number of benzene rings is 1. The number of hydrogen-bond donors (Lipinski definition) is 1. The number of aliphatic carboxylic acids is 1. The molecule has 1 amide bonds. The zero-order valence-corrected chi connectivity index (χ0v) is 13.6. The van der Waals surface area contributed by atoms with Crippen LogP contribution in [0.25, 0.3) is 11.1 Å². The van der Waals surface area contributed by atoms with Crippen LogP contribution in [0.3, 0.4) is 0 Å². The molecule has 1 saturated heterocycles. The van der Waals surface area contributed by atoms with Crippen LogP contribution in [0, 0.1) is 6.92 Å². The highest BCUT2D eigenvalue weighted by molar-refractivity contribution is 5.97. The molecule has 1 aromatic heterocycles. The molecule has 0 bridgehead atoms. The Balaban J connectivity index is 1.90. The number of aryl methyl sites for hydroxylation is 1. The number of carbonyl (C=O) groups is 2. The van der Waals surface area contributed by atoms with Gasteiger partial charge in [0.15, 0.2) is 0 Å². The number of rotatable bonds is 3. The number of carboxylic acid groups (broad SMARTS) is 1. The van der Waals surface area contributed by atoms with Crippen molar-refractivity contribution in [1.82, 2.24) is 9.88 Å². The summed E-state index contributed by atoms with van der Waals surface area (Å²) in [6, 6.07) is 9.03. The smallest absolute Gasteiger partial charge is 0.326 e. The largest absolute Gasteiger partial charge is 0.480 e. The summed E-state index contributed by atoms with van der Waals surface area (Å²) in [5.41, 5.74) is 3.41. The number of piperidine rings is 1. The Labute approximate surface area is 140 Å².